The molecule has 1 amide bonds. The molecule has 0 spiro atoms. The molecule has 0 aromatic heterocycles. The number of hydrogen-bond acceptors (Lipinski definition) is 2. The van der Waals surface area contributed by atoms with Crippen molar-refractivity contribution in [2.75, 3.05) is 23.3 Å². The molecular weight excluding hydrogens is 315 g/mol. The number of carbonyl (C=O) groups excluding carboxylic acids is 1. The summed E-state index contributed by atoms with van der Waals surface area (Å²) < 4.78 is 14.4. The lowest BCUT2D eigenvalue weighted by atomic mass is 9.87. The second-order valence-electron chi connectivity index (χ2n) is 7.61. The number of hydrogen-bond donors (Lipinski definition) is 1. The molecular formula is C21H25FN2O. The highest BCUT2D eigenvalue weighted by atomic mass is 19.1. The van der Waals surface area contributed by atoms with E-state index in [2.05, 4.69) is 31.0 Å². The summed E-state index contributed by atoms with van der Waals surface area (Å²) in [6, 6.07) is 12.5. The fourth-order valence-electron chi connectivity index (χ4n) is 3.17. The molecule has 1 heterocycles. The summed E-state index contributed by atoms with van der Waals surface area (Å²) in [5, 5.41) is 2.77. The fourth-order valence-corrected chi connectivity index (χ4v) is 3.17. The lowest BCUT2D eigenvalue weighted by Crippen LogP contribution is -2.22. The van der Waals surface area contributed by atoms with Gasteiger partial charge in [0.1, 0.15) is 11.5 Å². The summed E-state index contributed by atoms with van der Waals surface area (Å²) >= 11 is 0. The summed E-state index contributed by atoms with van der Waals surface area (Å²) in [7, 11) is 0. The van der Waals surface area contributed by atoms with Crippen molar-refractivity contribution in [2.45, 2.75) is 39.0 Å². The van der Waals surface area contributed by atoms with E-state index in [0.717, 1.165) is 37.2 Å². The largest absolute Gasteiger partial charge is 0.370 e. The van der Waals surface area contributed by atoms with Crippen LogP contribution in [0.25, 0.3) is 0 Å². The third-order valence-electron chi connectivity index (χ3n) is 4.69. The number of nitrogens with zero attached hydrogens (tertiary/aromatic N) is 1. The van der Waals surface area contributed by atoms with Crippen LogP contribution in [-0.2, 0) is 5.41 Å². The smallest absolute Gasteiger partial charge is 0.255 e. The van der Waals surface area contributed by atoms with Gasteiger partial charge in [-0.15, -0.1) is 0 Å². The first-order chi connectivity index (χ1) is 11.9. The third kappa shape index (κ3) is 3.84. The summed E-state index contributed by atoms with van der Waals surface area (Å²) in [5.41, 5.74) is 2.76. The zero-order valence-electron chi connectivity index (χ0n) is 15.1. The van der Waals surface area contributed by atoms with Crippen molar-refractivity contribution in [2.24, 2.45) is 0 Å². The molecule has 3 rings (SSSR count). The second kappa shape index (κ2) is 6.87. The van der Waals surface area contributed by atoms with Gasteiger partial charge in [-0.1, -0.05) is 39.0 Å². The first kappa shape index (κ1) is 17.5. The van der Waals surface area contributed by atoms with E-state index in [0.29, 0.717) is 5.56 Å². The minimum atomic E-state index is -0.399. The molecule has 2 aromatic rings. The van der Waals surface area contributed by atoms with Crippen LogP contribution in [0.1, 0.15) is 49.5 Å². The molecule has 0 aliphatic carbocycles. The number of nitrogens with one attached hydrogen (secondary N) is 1. The van der Waals surface area contributed by atoms with Gasteiger partial charge in [-0.2, -0.15) is 0 Å². The van der Waals surface area contributed by atoms with Gasteiger partial charge in [0, 0.05) is 18.7 Å². The van der Waals surface area contributed by atoms with Crippen molar-refractivity contribution in [1.82, 2.24) is 0 Å². The van der Waals surface area contributed by atoms with E-state index in [9.17, 15) is 9.18 Å². The van der Waals surface area contributed by atoms with Crippen LogP contribution in [0, 0.1) is 5.82 Å². The van der Waals surface area contributed by atoms with Gasteiger partial charge in [0.2, 0.25) is 0 Å². The van der Waals surface area contributed by atoms with Crippen molar-refractivity contribution in [3.8, 4) is 0 Å². The van der Waals surface area contributed by atoms with Crippen LogP contribution in [0.5, 0.6) is 0 Å². The van der Waals surface area contributed by atoms with E-state index in [1.807, 2.05) is 18.2 Å². The number of halogens is 1. The zero-order chi connectivity index (χ0) is 18.0. The van der Waals surface area contributed by atoms with Gasteiger partial charge in [-0.25, -0.2) is 4.39 Å². The molecule has 1 N–H and O–H groups in total. The molecule has 132 valence electrons. The first-order valence-corrected chi connectivity index (χ1v) is 8.81. The molecule has 0 unspecified atom stereocenters. The monoisotopic (exact) mass is 340 g/mol. The topological polar surface area (TPSA) is 32.3 Å². The number of rotatable bonds is 3. The maximum absolute atomic E-state index is 14.4. The van der Waals surface area contributed by atoms with Crippen LogP contribution >= 0.6 is 0 Å². The van der Waals surface area contributed by atoms with Crippen LogP contribution in [0.15, 0.2) is 42.5 Å². The summed E-state index contributed by atoms with van der Waals surface area (Å²) in [6.07, 6.45) is 2.19. The second-order valence-corrected chi connectivity index (χ2v) is 7.61. The quantitative estimate of drug-likeness (QED) is 0.855. The summed E-state index contributed by atoms with van der Waals surface area (Å²) in [4.78, 5) is 14.7. The van der Waals surface area contributed by atoms with E-state index < -0.39 is 5.82 Å². The molecule has 0 bridgehead atoms. The molecule has 3 nitrogen and oxygen atoms in total. The summed E-state index contributed by atoms with van der Waals surface area (Å²) in [5.74, 6) is -0.685. The standard InChI is InChI=1S/C21H25FN2O/c1-21(2,3)16-11-9-15(10-12-16)20(25)23-19-17(22)7-6-8-18(19)24-13-4-5-14-24/h6-12H,4-5,13-14H2,1-3H3,(H,23,25). The molecule has 0 atom stereocenters. The van der Waals surface area contributed by atoms with E-state index in [1.54, 1.807) is 18.2 Å². The molecule has 1 fully saturated rings. The van der Waals surface area contributed by atoms with Crippen molar-refractivity contribution in [3.05, 3.63) is 59.4 Å². The van der Waals surface area contributed by atoms with E-state index >= 15 is 0 Å². The van der Waals surface area contributed by atoms with Gasteiger partial charge < -0.3 is 10.2 Å². The van der Waals surface area contributed by atoms with Crippen molar-refractivity contribution in [1.29, 1.82) is 0 Å². The molecule has 1 saturated heterocycles. The Morgan fingerprint density at radius 2 is 1.68 bits per heavy atom. The highest BCUT2D eigenvalue weighted by Gasteiger charge is 2.20. The average Bonchev–Trinajstić information content (AvgIpc) is 3.10. The van der Waals surface area contributed by atoms with Crippen molar-refractivity contribution >= 4 is 17.3 Å². The maximum Gasteiger partial charge on any atom is 0.255 e. The van der Waals surface area contributed by atoms with E-state index in [4.69, 9.17) is 0 Å². The van der Waals surface area contributed by atoms with Gasteiger partial charge in [-0.05, 0) is 48.1 Å². The molecule has 0 saturated carbocycles. The number of para-hydroxylation sites is 1. The molecule has 1 aliphatic rings. The SMILES string of the molecule is CC(C)(C)c1ccc(C(=O)Nc2c(F)cccc2N2CCCC2)cc1. The predicted octanol–water partition coefficient (Wildman–Crippen LogP) is 4.98. The Labute approximate surface area is 148 Å². The predicted molar refractivity (Wildman–Crippen MR) is 101 cm³/mol. The fraction of sp³-hybridized carbons (Fsp3) is 0.381. The third-order valence-corrected chi connectivity index (χ3v) is 4.69. The highest BCUT2D eigenvalue weighted by molar-refractivity contribution is 6.06. The van der Waals surface area contributed by atoms with Crippen LogP contribution in [0.3, 0.4) is 0 Å². The van der Waals surface area contributed by atoms with Gasteiger partial charge in [0.15, 0.2) is 0 Å². The van der Waals surface area contributed by atoms with Crippen LogP contribution in [0.2, 0.25) is 0 Å². The molecule has 2 aromatic carbocycles. The normalized spacial score (nSPS) is 14.6. The Morgan fingerprint density at radius 1 is 1.04 bits per heavy atom. The zero-order valence-corrected chi connectivity index (χ0v) is 15.1. The van der Waals surface area contributed by atoms with Crippen LogP contribution in [-0.4, -0.2) is 19.0 Å². The molecule has 1 aliphatic heterocycles. The Bertz CT molecular complexity index is 756. The Morgan fingerprint density at radius 3 is 2.28 bits per heavy atom. The Balaban J connectivity index is 1.83. The number of carbonyl (C=O) groups is 1. The number of benzene rings is 2. The van der Waals surface area contributed by atoms with Gasteiger partial charge >= 0.3 is 0 Å². The highest BCUT2D eigenvalue weighted by Crippen LogP contribution is 2.31. The molecule has 0 radical (unpaired) electrons. The summed E-state index contributed by atoms with van der Waals surface area (Å²) in [6.45, 7) is 8.18. The molecule has 4 heteroatoms. The average molecular weight is 340 g/mol. The maximum atomic E-state index is 14.4. The van der Waals surface area contributed by atoms with Gasteiger partial charge in [0.05, 0.1) is 5.69 Å². The van der Waals surface area contributed by atoms with Gasteiger partial charge in [0.25, 0.3) is 5.91 Å². The Kier molecular flexibility index (Phi) is 4.80. The van der Waals surface area contributed by atoms with E-state index in [1.165, 1.54) is 6.07 Å². The van der Waals surface area contributed by atoms with Crippen molar-refractivity contribution in [3.63, 3.8) is 0 Å². The van der Waals surface area contributed by atoms with Crippen LogP contribution in [0.4, 0.5) is 15.8 Å². The van der Waals surface area contributed by atoms with Crippen LogP contribution < -0.4 is 10.2 Å². The van der Waals surface area contributed by atoms with E-state index in [-0.39, 0.29) is 17.0 Å². The molecule has 25 heavy (non-hydrogen) atoms. The Hall–Kier alpha value is -2.36. The van der Waals surface area contributed by atoms with Crippen molar-refractivity contribution < 1.29 is 9.18 Å². The lowest BCUT2D eigenvalue weighted by molar-refractivity contribution is 0.102. The number of anilines is 2. The minimum absolute atomic E-state index is 0.0312. The minimum Gasteiger partial charge on any atom is -0.370 e. The number of amides is 1. The first-order valence-electron chi connectivity index (χ1n) is 8.81. The lowest BCUT2D eigenvalue weighted by Gasteiger charge is -2.22. The van der Waals surface area contributed by atoms with Gasteiger partial charge in [-0.3, -0.25) is 4.79 Å².